The van der Waals surface area contributed by atoms with Crippen molar-refractivity contribution < 1.29 is 59.8 Å². The van der Waals surface area contributed by atoms with Crippen molar-refractivity contribution >= 4 is 10.8 Å². The van der Waals surface area contributed by atoms with Crippen LogP contribution in [0.15, 0.2) is 60.2 Å². The first-order chi connectivity index (χ1) is 8.90. The van der Waals surface area contributed by atoms with Gasteiger partial charge in [-0.3, -0.25) is 6.08 Å². The van der Waals surface area contributed by atoms with Gasteiger partial charge in [-0.05, 0) is 0 Å². The molecule has 0 heterocycles. The van der Waals surface area contributed by atoms with Gasteiger partial charge in [0.15, 0.2) is 0 Å². The number of halogens is 2. The van der Waals surface area contributed by atoms with Gasteiger partial charge in [0.05, 0.1) is 0 Å². The molecule has 0 radical (unpaired) electrons. The minimum absolute atomic E-state index is 0. The maximum Gasteiger partial charge on any atom is 4.00 e. The van der Waals surface area contributed by atoms with Gasteiger partial charge in [0, 0.05) is 0 Å². The molecule has 21 heavy (non-hydrogen) atoms. The van der Waals surface area contributed by atoms with Gasteiger partial charge in [-0.25, -0.2) is 11.6 Å². The molecule has 0 N–H and O–H groups in total. The molecule has 0 amide bonds. The van der Waals surface area contributed by atoms with E-state index in [0.29, 0.717) is 0 Å². The number of benzene rings is 1. The molecule has 0 aromatic heterocycles. The van der Waals surface area contributed by atoms with Crippen LogP contribution in [0, 0.1) is 6.08 Å². The standard InChI is InChI=1S/C9H7.C9H13.2BrH.Hf/c1-2-5-9-7-3-6-8(9)4-1;1-2-3-6-9-7-4-5-8-9;;;/h1-7H;4,7H,2-3,5-6H2,1H3;2*1H;/q2*-1;;;+4/p-2. The van der Waals surface area contributed by atoms with Gasteiger partial charge < -0.3 is 34.0 Å². The van der Waals surface area contributed by atoms with Crippen LogP contribution in [0.2, 0.25) is 0 Å². The molecule has 2 aromatic rings. The average Bonchev–Trinajstić information content (AvgIpc) is 3.08. The van der Waals surface area contributed by atoms with Crippen LogP contribution in [0.25, 0.3) is 10.8 Å². The van der Waals surface area contributed by atoms with Crippen molar-refractivity contribution in [3.05, 3.63) is 66.3 Å². The van der Waals surface area contributed by atoms with Crippen LogP contribution >= 0.6 is 0 Å². The van der Waals surface area contributed by atoms with E-state index in [1.165, 1.54) is 35.6 Å². The Labute approximate surface area is 168 Å². The zero-order valence-corrected chi connectivity index (χ0v) is 19.0. The molecule has 1 aliphatic rings. The fourth-order valence-corrected chi connectivity index (χ4v) is 2.06. The van der Waals surface area contributed by atoms with Crippen LogP contribution in [-0.2, 0) is 25.8 Å². The third-order valence-electron chi connectivity index (χ3n) is 3.11. The predicted molar refractivity (Wildman–Crippen MR) is 79.6 cm³/mol. The Hall–Kier alpha value is 0.140. The van der Waals surface area contributed by atoms with Crippen LogP contribution < -0.4 is 34.0 Å². The van der Waals surface area contributed by atoms with Crippen molar-refractivity contribution in [2.75, 3.05) is 0 Å². The van der Waals surface area contributed by atoms with Gasteiger partial charge >= 0.3 is 25.8 Å². The number of hydrogen-bond donors (Lipinski definition) is 0. The number of fused-ring (bicyclic) bond motifs is 1. The van der Waals surface area contributed by atoms with Crippen molar-refractivity contribution in [3.63, 3.8) is 0 Å². The van der Waals surface area contributed by atoms with Crippen molar-refractivity contribution in [1.82, 2.24) is 0 Å². The van der Waals surface area contributed by atoms with E-state index in [2.05, 4.69) is 67.6 Å². The first kappa shape index (κ1) is 23.4. The second-order valence-corrected chi connectivity index (χ2v) is 4.57. The molecular weight excluding hydrogens is 554 g/mol. The van der Waals surface area contributed by atoms with Gasteiger partial charge in [-0.1, -0.05) is 32.3 Å². The fraction of sp³-hybridized carbons (Fsp3) is 0.278. The summed E-state index contributed by atoms with van der Waals surface area (Å²) in [6.07, 6.45) is 12.5. The van der Waals surface area contributed by atoms with E-state index >= 15 is 0 Å². The van der Waals surface area contributed by atoms with E-state index in [0.717, 1.165) is 6.42 Å². The van der Waals surface area contributed by atoms with E-state index < -0.39 is 0 Å². The summed E-state index contributed by atoms with van der Waals surface area (Å²) < 4.78 is 0. The summed E-state index contributed by atoms with van der Waals surface area (Å²) in [6, 6.07) is 14.7. The Morgan fingerprint density at radius 1 is 1.14 bits per heavy atom. The fourth-order valence-electron chi connectivity index (χ4n) is 2.06. The predicted octanol–water partition coefficient (Wildman–Crippen LogP) is -0.570. The Kier molecular flexibility index (Phi) is 15.4. The topological polar surface area (TPSA) is 0 Å². The number of rotatable bonds is 3. The average molecular weight is 575 g/mol. The monoisotopic (exact) mass is 574 g/mol. The normalized spacial score (nSPS) is 11.4. The number of unbranched alkanes of at least 4 members (excludes halogenated alkanes) is 1. The van der Waals surface area contributed by atoms with E-state index in [4.69, 9.17) is 0 Å². The maximum atomic E-state index is 3.30. The van der Waals surface area contributed by atoms with Crippen molar-refractivity contribution in [1.29, 1.82) is 0 Å². The van der Waals surface area contributed by atoms with Crippen molar-refractivity contribution in [3.8, 4) is 0 Å². The minimum Gasteiger partial charge on any atom is -1.00 e. The molecule has 3 heteroatoms. The summed E-state index contributed by atoms with van der Waals surface area (Å²) in [5, 5.41) is 2.66. The largest absolute Gasteiger partial charge is 4.00 e. The molecule has 0 atom stereocenters. The maximum absolute atomic E-state index is 3.30. The summed E-state index contributed by atoms with van der Waals surface area (Å²) in [7, 11) is 0. The second kappa shape index (κ2) is 13.8. The summed E-state index contributed by atoms with van der Waals surface area (Å²) in [5.41, 5.74) is 1.41. The zero-order valence-electron chi connectivity index (χ0n) is 12.3. The molecule has 2 aromatic carbocycles. The summed E-state index contributed by atoms with van der Waals surface area (Å²) in [5.74, 6) is 0. The molecule has 0 aliphatic heterocycles. The Morgan fingerprint density at radius 2 is 1.90 bits per heavy atom. The first-order valence-corrected chi connectivity index (χ1v) is 6.77. The van der Waals surface area contributed by atoms with Crippen LogP contribution in [0.4, 0.5) is 0 Å². The van der Waals surface area contributed by atoms with E-state index in [1.807, 2.05) is 0 Å². The molecule has 0 bridgehead atoms. The van der Waals surface area contributed by atoms with E-state index in [9.17, 15) is 0 Å². The SMILES string of the molecule is CCCCC1=[C-]CC=C1.[Br-].[Br-].[Hf+4].c1ccc2[cH-]ccc2c1. The molecule has 0 fully saturated rings. The van der Waals surface area contributed by atoms with Crippen LogP contribution in [0.3, 0.4) is 0 Å². The second-order valence-electron chi connectivity index (χ2n) is 4.57. The molecule has 0 nitrogen and oxygen atoms in total. The Balaban J connectivity index is 0. The Bertz CT molecular complexity index is 511. The summed E-state index contributed by atoms with van der Waals surface area (Å²) in [6.45, 7) is 2.22. The van der Waals surface area contributed by atoms with Gasteiger partial charge in [-0.2, -0.15) is 23.6 Å². The van der Waals surface area contributed by atoms with Crippen LogP contribution in [0.5, 0.6) is 0 Å². The van der Waals surface area contributed by atoms with E-state index in [-0.39, 0.29) is 59.8 Å². The van der Waals surface area contributed by atoms with Gasteiger partial charge in [0.2, 0.25) is 0 Å². The molecule has 110 valence electrons. The van der Waals surface area contributed by atoms with E-state index in [1.54, 1.807) is 0 Å². The van der Waals surface area contributed by atoms with Crippen molar-refractivity contribution in [2.24, 2.45) is 0 Å². The summed E-state index contributed by atoms with van der Waals surface area (Å²) in [4.78, 5) is 0. The minimum atomic E-state index is 0. The first-order valence-electron chi connectivity index (χ1n) is 6.77. The molecular formula is C18H20Br2Hf. The Morgan fingerprint density at radius 3 is 2.52 bits per heavy atom. The molecule has 0 saturated heterocycles. The summed E-state index contributed by atoms with van der Waals surface area (Å²) >= 11 is 0. The molecule has 3 rings (SSSR count). The molecule has 1 aliphatic carbocycles. The molecule has 0 spiro atoms. The quantitative estimate of drug-likeness (QED) is 0.341. The van der Waals surface area contributed by atoms with Gasteiger partial charge in [0.25, 0.3) is 0 Å². The smallest absolute Gasteiger partial charge is 1.00 e. The zero-order chi connectivity index (χ0) is 12.6. The van der Waals surface area contributed by atoms with Crippen molar-refractivity contribution in [2.45, 2.75) is 32.6 Å². The van der Waals surface area contributed by atoms with Gasteiger partial charge in [-0.15, -0.1) is 36.1 Å². The third-order valence-corrected chi connectivity index (χ3v) is 3.11. The van der Waals surface area contributed by atoms with Gasteiger partial charge in [0.1, 0.15) is 0 Å². The third kappa shape index (κ3) is 8.37. The molecule has 0 unspecified atom stereocenters. The van der Waals surface area contributed by atoms with Crippen LogP contribution in [0.1, 0.15) is 32.6 Å². The van der Waals surface area contributed by atoms with Crippen LogP contribution in [-0.4, -0.2) is 0 Å². The number of allylic oxidation sites excluding steroid dienone is 4. The molecule has 0 saturated carbocycles. The number of hydrogen-bond acceptors (Lipinski definition) is 0.